The van der Waals surface area contributed by atoms with E-state index in [0.29, 0.717) is 12.1 Å². The predicted octanol–water partition coefficient (Wildman–Crippen LogP) is 4.31. The van der Waals surface area contributed by atoms with Crippen LogP contribution in [0.25, 0.3) is 0 Å². The molecule has 0 bridgehead atoms. The van der Waals surface area contributed by atoms with Crippen LogP contribution in [0.15, 0.2) is 36.5 Å². The van der Waals surface area contributed by atoms with Crippen LogP contribution in [0.1, 0.15) is 28.4 Å². The molecule has 1 atom stereocenters. The summed E-state index contributed by atoms with van der Waals surface area (Å²) in [5.41, 5.74) is 1.89. The third-order valence-corrected chi connectivity index (χ3v) is 3.09. The molecule has 0 saturated carbocycles. The minimum absolute atomic E-state index is 0.331. The number of nitrogens with two attached hydrogens (primary N) is 1. The average molecular weight is 338 g/mol. The molecule has 23 heavy (non-hydrogen) atoms. The monoisotopic (exact) mass is 338 g/mol. The Hall–Kier alpha value is -2.16. The van der Waals surface area contributed by atoms with E-state index in [9.17, 15) is 30.7 Å². The lowest BCUT2D eigenvalue weighted by atomic mass is 9.98. The van der Waals surface area contributed by atoms with Gasteiger partial charge >= 0.3 is 12.4 Å². The molecule has 124 valence electrons. The van der Waals surface area contributed by atoms with E-state index in [4.69, 9.17) is 5.73 Å². The summed E-state index contributed by atoms with van der Waals surface area (Å²) in [6, 6.07) is 1.95. The lowest BCUT2D eigenvalue weighted by Crippen LogP contribution is -2.21. The Labute approximate surface area is 125 Å². The molecule has 2 N–H and O–H groups in total. The van der Waals surface area contributed by atoms with Crippen molar-refractivity contribution in [2.75, 3.05) is 0 Å². The molecule has 0 fully saturated rings. The summed E-state index contributed by atoms with van der Waals surface area (Å²) >= 11 is 0. The third kappa shape index (κ3) is 3.61. The van der Waals surface area contributed by atoms with Crippen molar-refractivity contribution in [3.63, 3.8) is 0 Å². The van der Waals surface area contributed by atoms with Crippen LogP contribution in [-0.2, 0) is 12.4 Å². The lowest BCUT2D eigenvalue weighted by molar-refractivity contribution is -0.140. The largest absolute Gasteiger partial charge is 0.419 e. The van der Waals surface area contributed by atoms with E-state index in [1.807, 2.05) is 0 Å². The van der Waals surface area contributed by atoms with Crippen LogP contribution < -0.4 is 5.73 Å². The molecule has 0 unspecified atom stereocenters. The Morgan fingerprint density at radius 2 is 1.52 bits per heavy atom. The third-order valence-electron chi connectivity index (χ3n) is 3.09. The summed E-state index contributed by atoms with van der Waals surface area (Å²) in [5.74, 6) is -1.54. The molecule has 0 aliphatic heterocycles. The van der Waals surface area contributed by atoms with Crippen molar-refractivity contribution in [2.24, 2.45) is 5.73 Å². The van der Waals surface area contributed by atoms with Crippen molar-refractivity contribution in [2.45, 2.75) is 18.4 Å². The van der Waals surface area contributed by atoms with Gasteiger partial charge in [-0.25, -0.2) is 4.39 Å². The Balaban J connectivity index is 2.53. The zero-order chi connectivity index (χ0) is 17.4. The molecule has 1 aromatic heterocycles. The topological polar surface area (TPSA) is 38.9 Å². The van der Waals surface area contributed by atoms with Crippen LogP contribution in [0, 0.1) is 5.82 Å². The van der Waals surface area contributed by atoms with E-state index in [2.05, 4.69) is 4.98 Å². The highest BCUT2D eigenvalue weighted by Crippen LogP contribution is 2.37. The van der Waals surface area contributed by atoms with Crippen LogP contribution in [0.4, 0.5) is 30.7 Å². The number of hydrogen-bond acceptors (Lipinski definition) is 2. The first-order chi connectivity index (χ1) is 10.5. The first-order valence-electron chi connectivity index (χ1n) is 6.16. The average Bonchev–Trinajstić information content (AvgIpc) is 2.45. The smallest absolute Gasteiger partial charge is 0.319 e. The number of rotatable bonds is 2. The van der Waals surface area contributed by atoms with E-state index >= 15 is 0 Å². The number of alkyl halides is 6. The maximum atomic E-state index is 13.2. The number of halogens is 7. The molecule has 1 aromatic carbocycles. The normalized spacial score (nSPS) is 13.9. The minimum Gasteiger partial charge on any atom is -0.319 e. The van der Waals surface area contributed by atoms with Gasteiger partial charge in [0.2, 0.25) is 0 Å². The van der Waals surface area contributed by atoms with Gasteiger partial charge in [0.15, 0.2) is 0 Å². The van der Waals surface area contributed by atoms with Gasteiger partial charge in [-0.2, -0.15) is 26.3 Å². The highest BCUT2D eigenvalue weighted by Gasteiger charge is 2.37. The Bertz CT molecular complexity index is 707. The van der Waals surface area contributed by atoms with Crippen molar-refractivity contribution in [1.82, 2.24) is 4.98 Å². The van der Waals surface area contributed by atoms with Crippen LogP contribution in [-0.4, -0.2) is 4.98 Å². The first kappa shape index (κ1) is 17.2. The molecule has 0 aliphatic rings. The molecule has 2 nitrogen and oxygen atoms in total. The van der Waals surface area contributed by atoms with Crippen molar-refractivity contribution >= 4 is 0 Å². The van der Waals surface area contributed by atoms with Crippen molar-refractivity contribution in [1.29, 1.82) is 0 Å². The molecule has 0 amide bonds. The molecular formula is C14H9F7N2. The maximum Gasteiger partial charge on any atom is 0.419 e. The quantitative estimate of drug-likeness (QED) is 0.829. The van der Waals surface area contributed by atoms with Gasteiger partial charge in [-0.05, 0) is 29.8 Å². The molecule has 0 aliphatic carbocycles. The number of pyridine rings is 1. The van der Waals surface area contributed by atoms with Crippen LogP contribution in [0.2, 0.25) is 0 Å². The fourth-order valence-corrected chi connectivity index (χ4v) is 2.02. The van der Waals surface area contributed by atoms with Gasteiger partial charge in [0.05, 0.1) is 22.9 Å². The zero-order valence-electron chi connectivity index (χ0n) is 11.2. The number of hydrogen-bond donors (Lipinski definition) is 1. The van der Waals surface area contributed by atoms with Crippen molar-refractivity contribution in [3.8, 4) is 0 Å². The van der Waals surface area contributed by atoms with E-state index < -0.39 is 41.0 Å². The Morgan fingerprint density at radius 1 is 0.913 bits per heavy atom. The summed E-state index contributed by atoms with van der Waals surface area (Å²) in [4.78, 5) is 3.52. The minimum atomic E-state index is -4.99. The molecule has 0 spiro atoms. The standard InChI is InChI=1S/C14H9F7N2/c15-10-4-3-7(6-9(10)14(19,20)21)11(22)12-8(13(16,17)18)2-1-5-23-12/h1-6,11H,22H2/t11-/m0/s1. The van der Waals surface area contributed by atoms with Gasteiger partial charge in [-0.3, -0.25) is 4.98 Å². The van der Waals surface area contributed by atoms with E-state index in [1.54, 1.807) is 0 Å². The van der Waals surface area contributed by atoms with Crippen LogP contribution in [0.3, 0.4) is 0 Å². The summed E-state index contributed by atoms with van der Waals surface area (Å²) < 4.78 is 90.1. The molecule has 2 rings (SSSR count). The van der Waals surface area contributed by atoms with E-state index in [-0.39, 0.29) is 5.56 Å². The highest BCUT2D eigenvalue weighted by atomic mass is 19.4. The van der Waals surface area contributed by atoms with Crippen molar-refractivity contribution < 1.29 is 30.7 Å². The number of nitrogens with zero attached hydrogens (tertiary/aromatic N) is 1. The SMILES string of the molecule is N[C@@H](c1ccc(F)c(C(F)(F)F)c1)c1ncccc1C(F)(F)F. The number of benzene rings is 1. The zero-order valence-corrected chi connectivity index (χ0v) is 11.2. The van der Waals surface area contributed by atoms with Gasteiger partial charge < -0.3 is 5.73 Å². The van der Waals surface area contributed by atoms with E-state index in [1.165, 1.54) is 0 Å². The molecule has 0 radical (unpaired) electrons. The summed E-state index contributed by atoms with van der Waals surface area (Å²) in [6.45, 7) is 0. The molecule has 1 heterocycles. The van der Waals surface area contributed by atoms with Gasteiger partial charge in [0.25, 0.3) is 0 Å². The molecular weight excluding hydrogens is 329 g/mol. The summed E-state index contributed by atoms with van der Waals surface area (Å²) in [5, 5.41) is 0. The lowest BCUT2D eigenvalue weighted by Gasteiger charge is -2.18. The number of aromatic nitrogens is 1. The van der Waals surface area contributed by atoms with Gasteiger partial charge in [0, 0.05) is 6.20 Å². The van der Waals surface area contributed by atoms with Crippen molar-refractivity contribution in [3.05, 3.63) is 64.7 Å². The Morgan fingerprint density at radius 3 is 2.09 bits per heavy atom. The van der Waals surface area contributed by atoms with E-state index in [0.717, 1.165) is 24.4 Å². The molecule has 0 saturated heterocycles. The second kappa shape index (κ2) is 5.80. The fourth-order valence-electron chi connectivity index (χ4n) is 2.02. The van der Waals surface area contributed by atoms with Crippen LogP contribution in [0.5, 0.6) is 0 Å². The second-order valence-electron chi connectivity index (χ2n) is 4.65. The second-order valence-corrected chi connectivity index (χ2v) is 4.65. The predicted molar refractivity (Wildman–Crippen MR) is 66.7 cm³/mol. The molecule has 9 heteroatoms. The summed E-state index contributed by atoms with van der Waals surface area (Å²) in [6.07, 6.45) is -8.72. The summed E-state index contributed by atoms with van der Waals surface area (Å²) in [7, 11) is 0. The first-order valence-corrected chi connectivity index (χ1v) is 6.16. The Kier molecular flexibility index (Phi) is 4.34. The fraction of sp³-hybridized carbons (Fsp3) is 0.214. The molecule has 2 aromatic rings. The van der Waals surface area contributed by atoms with Gasteiger partial charge in [0.1, 0.15) is 5.82 Å². The van der Waals surface area contributed by atoms with Gasteiger partial charge in [-0.15, -0.1) is 0 Å². The van der Waals surface area contributed by atoms with Gasteiger partial charge in [-0.1, -0.05) is 6.07 Å². The van der Waals surface area contributed by atoms with Crippen LogP contribution >= 0.6 is 0 Å². The maximum absolute atomic E-state index is 13.2. The highest BCUT2D eigenvalue weighted by molar-refractivity contribution is 5.37.